The maximum Gasteiger partial charge on any atom is 0.308 e. The summed E-state index contributed by atoms with van der Waals surface area (Å²) >= 11 is 0. The number of amides is 1. The lowest BCUT2D eigenvalue weighted by atomic mass is 9.86. The van der Waals surface area contributed by atoms with Crippen molar-refractivity contribution in [3.63, 3.8) is 0 Å². The predicted octanol–water partition coefficient (Wildman–Crippen LogP) is 2.58. The Morgan fingerprint density at radius 2 is 2.00 bits per heavy atom. The van der Waals surface area contributed by atoms with Crippen molar-refractivity contribution in [1.82, 2.24) is 5.32 Å². The summed E-state index contributed by atoms with van der Waals surface area (Å²) in [5.74, 6) is -2.27. The summed E-state index contributed by atoms with van der Waals surface area (Å²) in [5, 5.41) is 23.3. The summed E-state index contributed by atoms with van der Waals surface area (Å²) in [7, 11) is 0. The van der Waals surface area contributed by atoms with Gasteiger partial charge in [0.25, 0.3) is 11.6 Å². The van der Waals surface area contributed by atoms with Gasteiger partial charge in [0.2, 0.25) is 0 Å². The fourth-order valence-electron chi connectivity index (χ4n) is 3.21. The molecule has 1 atom stereocenters. The monoisotopic (exact) mass is 364 g/mol. The molecule has 142 valence electrons. The fraction of sp³-hybridized carbons (Fsp3) is 0.556. The highest BCUT2D eigenvalue weighted by Crippen LogP contribution is 2.27. The van der Waals surface area contributed by atoms with E-state index in [1.165, 1.54) is 12.1 Å². The number of nitrogens with one attached hydrogen (secondary N) is 1. The number of nitro groups is 1. The van der Waals surface area contributed by atoms with Gasteiger partial charge in [-0.15, -0.1) is 0 Å². The van der Waals surface area contributed by atoms with Crippen LogP contribution in [0.15, 0.2) is 18.2 Å². The molecule has 1 unspecified atom stereocenters. The summed E-state index contributed by atoms with van der Waals surface area (Å²) < 4.78 is 5.25. The first-order valence-corrected chi connectivity index (χ1v) is 8.68. The third-order valence-electron chi connectivity index (χ3n) is 4.75. The second-order valence-electron chi connectivity index (χ2n) is 6.79. The van der Waals surface area contributed by atoms with Gasteiger partial charge in [-0.2, -0.15) is 0 Å². The summed E-state index contributed by atoms with van der Waals surface area (Å²) in [6.07, 6.45) is 1.28. The van der Waals surface area contributed by atoms with Crippen LogP contribution in [0.5, 0.6) is 0 Å². The molecule has 0 radical (unpaired) electrons. The minimum absolute atomic E-state index is 0.0153. The zero-order valence-corrected chi connectivity index (χ0v) is 14.9. The van der Waals surface area contributed by atoms with E-state index in [0.29, 0.717) is 31.6 Å². The molecule has 26 heavy (non-hydrogen) atoms. The van der Waals surface area contributed by atoms with E-state index in [-0.39, 0.29) is 29.6 Å². The van der Waals surface area contributed by atoms with E-state index in [9.17, 15) is 24.8 Å². The van der Waals surface area contributed by atoms with Crippen molar-refractivity contribution in [3.05, 3.63) is 39.4 Å². The first-order valence-electron chi connectivity index (χ1n) is 8.68. The smallest absolute Gasteiger partial charge is 0.308 e. The minimum atomic E-state index is -0.960. The number of ether oxygens (including phenoxy) is 1. The molecule has 1 amide bonds. The number of benzene rings is 1. The quantitative estimate of drug-likeness (QED) is 0.567. The Balaban J connectivity index is 2.09. The molecule has 1 saturated heterocycles. The molecule has 1 aromatic rings. The zero-order valence-electron chi connectivity index (χ0n) is 14.9. The van der Waals surface area contributed by atoms with E-state index >= 15 is 0 Å². The maximum atomic E-state index is 12.4. The Morgan fingerprint density at radius 1 is 1.35 bits per heavy atom. The van der Waals surface area contributed by atoms with Crippen LogP contribution >= 0.6 is 0 Å². The van der Waals surface area contributed by atoms with Gasteiger partial charge in [0, 0.05) is 37.0 Å². The molecular formula is C18H24N2O6. The van der Waals surface area contributed by atoms with Crippen LogP contribution in [0.1, 0.15) is 48.5 Å². The number of nitrogens with zero attached hydrogens (tertiary/aromatic N) is 1. The molecule has 8 heteroatoms. The third kappa shape index (κ3) is 4.78. The SMILES string of the molecule is CC(C)c1ccc(C(=O)NCC(C(=O)O)C2CCOCC2)cc1[N+](=O)[O-]. The Labute approximate surface area is 151 Å². The van der Waals surface area contributed by atoms with Gasteiger partial charge in [-0.25, -0.2) is 0 Å². The lowest BCUT2D eigenvalue weighted by Gasteiger charge is -2.27. The van der Waals surface area contributed by atoms with Crippen LogP contribution in [0, 0.1) is 22.0 Å². The molecule has 0 bridgehead atoms. The highest BCUT2D eigenvalue weighted by atomic mass is 16.6. The molecule has 1 aliphatic heterocycles. The van der Waals surface area contributed by atoms with E-state index in [0.717, 1.165) is 0 Å². The molecule has 1 aliphatic rings. The van der Waals surface area contributed by atoms with Crippen LogP contribution < -0.4 is 5.32 Å². The Morgan fingerprint density at radius 3 is 2.54 bits per heavy atom. The molecule has 1 aromatic carbocycles. The topological polar surface area (TPSA) is 119 Å². The van der Waals surface area contributed by atoms with Gasteiger partial charge in [-0.1, -0.05) is 19.9 Å². The second-order valence-corrected chi connectivity index (χ2v) is 6.79. The average Bonchev–Trinajstić information content (AvgIpc) is 2.61. The normalized spacial score (nSPS) is 16.3. The van der Waals surface area contributed by atoms with Crippen molar-refractivity contribution in [1.29, 1.82) is 0 Å². The van der Waals surface area contributed by atoms with Gasteiger partial charge < -0.3 is 15.2 Å². The number of hydrogen-bond acceptors (Lipinski definition) is 5. The van der Waals surface area contributed by atoms with E-state index in [4.69, 9.17) is 4.74 Å². The van der Waals surface area contributed by atoms with Gasteiger partial charge in [0.1, 0.15) is 0 Å². The number of carbonyl (C=O) groups excluding carboxylic acids is 1. The second kappa shape index (κ2) is 8.75. The lowest BCUT2D eigenvalue weighted by Crippen LogP contribution is -2.39. The van der Waals surface area contributed by atoms with Gasteiger partial charge in [0.05, 0.1) is 10.8 Å². The van der Waals surface area contributed by atoms with Crippen molar-refractivity contribution in [2.45, 2.75) is 32.6 Å². The van der Waals surface area contributed by atoms with Gasteiger partial charge in [-0.05, 0) is 30.7 Å². The average molecular weight is 364 g/mol. The Kier molecular flexibility index (Phi) is 6.68. The van der Waals surface area contributed by atoms with Crippen LogP contribution in [0.2, 0.25) is 0 Å². The summed E-state index contributed by atoms with van der Waals surface area (Å²) in [4.78, 5) is 34.6. The molecule has 0 aliphatic carbocycles. The third-order valence-corrected chi connectivity index (χ3v) is 4.75. The molecular weight excluding hydrogens is 340 g/mol. The highest BCUT2D eigenvalue weighted by Gasteiger charge is 2.30. The molecule has 2 rings (SSSR count). The van der Waals surface area contributed by atoms with Crippen molar-refractivity contribution >= 4 is 17.6 Å². The van der Waals surface area contributed by atoms with Crippen molar-refractivity contribution in [2.24, 2.45) is 11.8 Å². The molecule has 0 aromatic heterocycles. The van der Waals surface area contributed by atoms with Crippen LogP contribution in [0.3, 0.4) is 0 Å². The van der Waals surface area contributed by atoms with Gasteiger partial charge in [0.15, 0.2) is 0 Å². The lowest BCUT2D eigenvalue weighted by molar-refractivity contribution is -0.385. The molecule has 1 fully saturated rings. The molecule has 0 spiro atoms. The summed E-state index contributed by atoms with van der Waals surface area (Å²) in [5.41, 5.74) is 0.598. The van der Waals surface area contributed by atoms with Crippen LogP contribution in [0.4, 0.5) is 5.69 Å². The Bertz CT molecular complexity index is 682. The first kappa shape index (κ1) is 19.8. The van der Waals surface area contributed by atoms with E-state index in [2.05, 4.69) is 5.32 Å². The zero-order chi connectivity index (χ0) is 19.3. The summed E-state index contributed by atoms with van der Waals surface area (Å²) in [6.45, 7) is 4.70. The Hall–Kier alpha value is -2.48. The van der Waals surface area contributed by atoms with Crippen LogP contribution in [-0.2, 0) is 9.53 Å². The predicted molar refractivity (Wildman–Crippen MR) is 94.2 cm³/mol. The van der Waals surface area contributed by atoms with Crippen LogP contribution in [-0.4, -0.2) is 41.7 Å². The summed E-state index contributed by atoms with van der Waals surface area (Å²) in [6, 6.07) is 4.35. The largest absolute Gasteiger partial charge is 0.481 e. The van der Waals surface area contributed by atoms with Crippen molar-refractivity contribution < 1.29 is 24.4 Å². The number of rotatable bonds is 7. The molecule has 8 nitrogen and oxygen atoms in total. The number of carbonyl (C=O) groups is 2. The number of hydrogen-bond donors (Lipinski definition) is 2. The molecule has 0 saturated carbocycles. The number of aliphatic carboxylic acids is 1. The molecule has 2 N–H and O–H groups in total. The van der Waals surface area contributed by atoms with Gasteiger partial charge >= 0.3 is 5.97 Å². The van der Waals surface area contributed by atoms with E-state index < -0.39 is 22.7 Å². The standard InChI is InChI=1S/C18H24N2O6/c1-11(2)14-4-3-13(9-16(14)20(24)25)17(21)19-10-15(18(22)23)12-5-7-26-8-6-12/h3-4,9,11-12,15H,5-8,10H2,1-2H3,(H,19,21)(H,22,23). The van der Waals surface area contributed by atoms with Crippen LogP contribution in [0.25, 0.3) is 0 Å². The van der Waals surface area contributed by atoms with E-state index in [1.54, 1.807) is 6.07 Å². The van der Waals surface area contributed by atoms with Gasteiger partial charge in [-0.3, -0.25) is 19.7 Å². The van der Waals surface area contributed by atoms with Crippen molar-refractivity contribution in [2.75, 3.05) is 19.8 Å². The fourth-order valence-corrected chi connectivity index (χ4v) is 3.21. The number of nitro benzene ring substituents is 1. The minimum Gasteiger partial charge on any atom is -0.481 e. The van der Waals surface area contributed by atoms with Crippen molar-refractivity contribution in [3.8, 4) is 0 Å². The first-order chi connectivity index (χ1) is 12.3. The number of carboxylic acid groups (broad SMARTS) is 1. The maximum absolute atomic E-state index is 12.4. The van der Waals surface area contributed by atoms with E-state index in [1.807, 2.05) is 13.8 Å². The number of carboxylic acids is 1. The highest BCUT2D eigenvalue weighted by molar-refractivity contribution is 5.95. The molecule has 1 heterocycles.